The molecule has 8 heteroatoms. The van der Waals surface area contributed by atoms with E-state index in [-0.39, 0.29) is 37.6 Å². The Balaban J connectivity index is 0. The van der Waals surface area contributed by atoms with E-state index >= 15 is 0 Å². The summed E-state index contributed by atoms with van der Waals surface area (Å²) in [7, 11) is -4.08. The van der Waals surface area contributed by atoms with Crippen molar-refractivity contribution in [2.45, 2.75) is 71.9 Å². The van der Waals surface area contributed by atoms with Crippen LogP contribution in [-0.4, -0.2) is 27.6 Å². The fourth-order valence-corrected chi connectivity index (χ4v) is 3.00. The third-order valence-corrected chi connectivity index (χ3v) is 4.37. The van der Waals surface area contributed by atoms with E-state index in [2.05, 4.69) is 6.92 Å². The van der Waals surface area contributed by atoms with Gasteiger partial charge in [-0.2, -0.15) is 8.42 Å². The van der Waals surface area contributed by atoms with E-state index in [4.69, 9.17) is 17.8 Å². The molecule has 146 valence electrons. The van der Waals surface area contributed by atoms with Gasteiger partial charge in [0.15, 0.2) is 12.6 Å². The van der Waals surface area contributed by atoms with E-state index in [1.165, 1.54) is 26.2 Å². The molecule has 0 N–H and O–H groups in total. The van der Waals surface area contributed by atoms with Gasteiger partial charge in [0.25, 0.3) is 0 Å². The molecular formula is C18H31NaO6S. The molecule has 0 spiro atoms. The summed E-state index contributed by atoms with van der Waals surface area (Å²) < 4.78 is 44.0. The Morgan fingerprint density at radius 2 is 1.58 bits per heavy atom. The Morgan fingerprint density at radius 1 is 0.962 bits per heavy atom. The Labute approximate surface area is 181 Å². The van der Waals surface area contributed by atoms with Crippen LogP contribution in [-0.2, 0) is 23.5 Å². The summed E-state index contributed by atoms with van der Waals surface area (Å²) in [5, 5.41) is 0. The summed E-state index contributed by atoms with van der Waals surface area (Å²) in [4.78, 5) is 0. The van der Waals surface area contributed by atoms with Crippen molar-refractivity contribution in [3.8, 4) is 5.75 Å². The first-order valence-corrected chi connectivity index (χ1v) is 10.2. The maximum atomic E-state index is 11.8. The molecule has 0 saturated heterocycles. The van der Waals surface area contributed by atoms with Gasteiger partial charge >= 0.3 is 40.0 Å². The Morgan fingerprint density at radius 3 is 2.23 bits per heavy atom. The number of hydrogen-bond acceptors (Lipinski definition) is 6. The van der Waals surface area contributed by atoms with Gasteiger partial charge in [-0.15, -0.1) is 0 Å². The number of rotatable bonds is 14. The summed E-state index contributed by atoms with van der Waals surface area (Å²) in [6, 6.07) is 9.11. The van der Waals surface area contributed by atoms with Crippen LogP contribution in [0.1, 0.15) is 60.7 Å². The normalized spacial score (nSPS) is 13.7. The Bertz CT molecular complexity index is 558. The first kappa shape index (κ1) is 25.9. The minimum atomic E-state index is -4.08. The van der Waals surface area contributed by atoms with E-state index in [1.807, 2.05) is 18.2 Å². The molecule has 1 aromatic carbocycles. The van der Waals surface area contributed by atoms with Crippen molar-refractivity contribution < 1.29 is 57.2 Å². The molecule has 0 aliphatic carbocycles. The summed E-state index contributed by atoms with van der Waals surface area (Å²) in [6.07, 6.45) is 4.62. The average Bonchev–Trinajstić information content (AvgIpc) is 2.54. The molecule has 0 amide bonds. The molecule has 26 heavy (non-hydrogen) atoms. The molecule has 0 aliphatic heterocycles. The van der Waals surface area contributed by atoms with E-state index < -0.39 is 23.0 Å². The molecule has 0 bridgehead atoms. The predicted octanol–water partition coefficient (Wildman–Crippen LogP) is 1.53. The molecule has 0 aromatic heterocycles. The van der Waals surface area contributed by atoms with Crippen LogP contribution in [0.4, 0.5) is 0 Å². The monoisotopic (exact) mass is 398 g/mol. The maximum Gasteiger partial charge on any atom is 1.00 e. The van der Waals surface area contributed by atoms with Crippen LogP contribution in [0.15, 0.2) is 30.3 Å². The summed E-state index contributed by atoms with van der Waals surface area (Å²) in [6.45, 7) is 5.42. The quantitative estimate of drug-likeness (QED) is 0.269. The van der Waals surface area contributed by atoms with Crippen molar-refractivity contribution in [2.75, 3.05) is 6.61 Å². The van der Waals surface area contributed by atoms with Gasteiger partial charge in [0.1, 0.15) is 5.75 Å². The zero-order valence-corrected chi connectivity index (χ0v) is 19.2. The number of unbranched alkanes of at least 4 members (excludes halogenated alkanes) is 5. The minimum absolute atomic E-state index is 0. The fourth-order valence-electron chi connectivity index (χ4n) is 2.25. The van der Waals surface area contributed by atoms with Crippen LogP contribution >= 0.6 is 0 Å². The van der Waals surface area contributed by atoms with Gasteiger partial charge in [0.05, 0.1) is 6.61 Å². The van der Waals surface area contributed by atoms with Crippen molar-refractivity contribution in [2.24, 2.45) is 0 Å². The zero-order chi connectivity index (χ0) is 18.5. The molecular weight excluding hydrogens is 367 g/mol. The van der Waals surface area contributed by atoms with Gasteiger partial charge in [0, 0.05) is 0 Å². The molecule has 2 unspecified atom stereocenters. The van der Waals surface area contributed by atoms with Gasteiger partial charge in [-0.25, -0.2) is 8.37 Å². The van der Waals surface area contributed by atoms with Gasteiger partial charge in [-0.1, -0.05) is 57.2 Å². The number of para-hydroxylation sites is 1. The second-order valence-corrected chi connectivity index (χ2v) is 7.04. The smallest absolute Gasteiger partial charge is 1.00 e. The molecule has 0 saturated carbocycles. The van der Waals surface area contributed by atoms with Crippen LogP contribution in [0.2, 0.25) is 0 Å². The van der Waals surface area contributed by atoms with Crippen LogP contribution in [0.25, 0.3) is 0 Å². The molecule has 1 aromatic rings. The molecule has 1 rings (SSSR count). The molecule has 6 nitrogen and oxygen atoms in total. The van der Waals surface area contributed by atoms with E-state index in [0.717, 1.165) is 12.8 Å². The fraction of sp³-hybridized carbons (Fsp3) is 0.667. The van der Waals surface area contributed by atoms with Gasteiger partial charge < -0.3 is 10.9 Å². The van der Waals surface area contributed by atoms with Crippen LogP contribution in [0.3, 0.4) is 0 Å². The van der Waals surface area contributed by atoms with E-state index in [9.17, 15) is 8.42 Å². The van der Waals surface area contributed by atoms with Crippen molar-refractivity contribution in [3.05, 3.63) is 30.3 Å². The molecule has 0 radical (unpaired) electrons. The van der Waals surface area contributed by atoms with Gasteiger partial charge in [-0.3, -0.25) is 0 Å². The van der Waals surface area contributed by atoms with Gasteiger partial charge in [0.2, 0.25) is 0 Å². The first-order chi connectivity index (χ1) is 11.9. The molecule has 0 fully saturated rings. The summed E-state index contributed by atoms with van der Waals surface area (Å²) in [5.74, 6) is 0.629. The van der Waals surface area contributed by atoms with Crippen molar-refractivity contribution in [1.82, 2.24) is 0 Å². The van der Waals surface area contributed by atoms with Crippen molar-refractivity contribution >= 4 is 10.4 Å². The second kappa shape index (κ2) is 14.9. The SMILES string of the molecule is CCCCCCCCOS(=O)(=O)OC(C)OC(C)Oc1ccccc1.[H-].[Na+]. The number of hydrogen-bond donors (Lipinski definition) is 0. The van der Waals surface area contributed by atoms with Crippen molar-refractivity contribution in [1.29, 1.82) is 0 Å². The van der Waals surface area contributed by atoms with Gasteiger partial charge in [-0.05, 0) is 32.4 Å². The first-order valence-electron chi connectivity index (χ1n) is 8.87. The maximum absolute atomic E-state index is 11.8. The minimum Gasteiger partial charge on any atom is -1.00 e. The van der Waals surface area contributed by atoms with E-state index in [0.29, 0.717) is 12.2 Å². The number of ether oxygens (including phenoxy) is 2. The summed E-state index contributed by atoms with van der Waals surface area (Å²) in [5.41, 5.74) is 0. The third kappa shape index (κ3) is 13.1. The average molecular weight is 398 g/mol. The van der Waals surface area contributed by atoms with Crippen LogP contribution < -0.4 is 34.3 Å². The topological polar surface area (TPSA) is 71.1 Å². The molecule has 0 aliphatic rings. The van der Waals surface area contributed by atoms with Crippen molar-refractivity contribution in [3.63, 3.8) is 0 Å². The second-order valence-electron chi connectivity index (χ2n) is 5.80. The van der Waals surface area contributed by atoms with Crippen LogP contribution in [0.5, 0.6) is 5.75 Å². The Hall–Kier alpha value is -0.150. The molecule has 0 heterocycles. The Kier molecular flexibility index (Phi) is 14.8. The third-order valence-electron chi connectivity index (χ3n) is 3.41. The standard InChI is InChI=1S/C18H30O6S.Na.H/c1-4-5-6-7-8-12-15-21-25(19,20)24-17(3)22-16(2)23-18-13-10-9-11-14-18;;/h9-11,13-14,16-17H,4-8,12,15H2,1-3H3;;/q;+1;-1. The van der Waals surface area contributed by atoms with Crippen LogP contribution in [0, 0.1) is 0 Å². The zero-order valence-electron chi connectivity index (χ0n) is 17.3. The summed E-state index contributed by atoms with van der Waals surface area (Å²) >= 11 is 0. The molecule has 2 atom stereocenters. The largest absolute Gasteiger partial charge is 1.00 e. The predicted molar refractivity (Wildman–Crippen MR) is 97.5 cm³/mol. The van der Waals surface area contributed by atoms with E-state index in [1.54, 1.807) is 19.1 Å². The number of benzene rings is 1.